The van der Waals surface area contributed by atoms with E-state index in [0.717, 1.165) is 0 Å². The van der Waals surface area contributed by atoms with E-state index in [9.17, 15) is 13.2 Å². The van der Waals surface area contributed by atoms with Crippen LogP contribution in [0, 0.1) is 0 Å². The number of sulfonamides is 1. The van der Waals surface area contributed by atoms with Crippen LogP contribution in [0.5, 0.6) is 0 Å². The molecular formula is C15H16N4O3S. The van der Waals surface area contributed by atoms with E-state index in [1.165, 1.54) is 16.7 Å². The first-order valence-electron chi connectivity index (χ1n) is 7.13. The maximum Gasteiger partial charge on any atom is 0.246 e. The Bertz CT molecular complexity index is 858. The van der Waals surface area contributed by atoms with Gasteiger partial charge in [0.15, 0.2) is 0 Å². The van der Waals surface area contributed by atoms with Crippen molar-refractivity contribution in [2.75, 3.05) is 26.2 Å². The highest BCUT2D eigenvalue weighted by Crippen LogP contribution is 2.21. The van der Waals surface area contributed by atoms with Crippen molar-refractivity contribution in [2.24, 2.45) is 0 Å². The van der Waals surface area contributed by atoms with E-state index < -0.39 is 10.0 Å². The number of fused-ring (bicyclic) bond motifs is 1. The summed E-state index contributed by atoms with van der Waals surface area (Å²) in [6.45, 7) is 4.71. The molecule has 2 heterocycles. The molecule has 0 saturated carbocycles. The minimum atomic E-state index is -3.60. The molecule has 1 aromatic heterocycles. The Hall–Kier alpha value is -2.32. The minimum Gasteiger partial charge on any atom is -0.337 e. The van der Waals surface area contributed by atoms with Crippen molar-refractivity contribution in [1.29, 1.82) is 0 Å². The molecule has 7 nitrogen and oxygen atoms in total. The van der Waals surface area contributed by atoms with E-state index in [-0.39, 0.29) is 23.9 Å². The quantitative estimate of drug-likeness (QED) is 0.771. The molecule has 8 heteroatoms. The predicted molar refractivity (Wildman–Crippen MR) is 85.1 cm³/mol. The van der Waals surface area contributed by atoms with Crippen molar-refractivity contribution in [3.63, 3.8) is 0 Å². The number of piperazine rings is 1. The first-order valence-corrected chi connectivity index (χ1v) is 8.57. The lowest BCUT2D eigenvalue weighted by Gasteiger charge is -2.33. The molecule has 1 amide bonds. The molecule has 1 saturated heterocycles. The maximum absolute atomic E-state index is 12.7. The van der Waals surface area contributed by atoms with Crippen LogP contribution in [0.25, 0.3) is 10.9 Å². The molecule has 1 aliphatic heterocycles. The lowest BCUT2D eigenvalue weighted by molar-refractivity contribution is -0.127. The number of nitrogens with zero attached hydrogens (tertiary/aromatic N) is 4. The van der Waals surface area contributed by atoms with Gasteiger partial charge in [-0.15, -0.1) is 0 Å². The summed E-state index contributed by atoms with van der Waals surface area (Å²) in [5.41, 5.74) is 0.695. The SMILES string of the molecule is C=CC(=O)N1CCN(S(=O)(=O)c2ccc3ncncc3c2)CC1. The average molecular weight is 332 g/mol. The number of hydrogen-bond acceptors (Lipinski definition) is 5. The van der Waals surface area contributed by atoms with Crippen LogP contribution in [0.3, 0.4) is 0 Å². The molecular weight excluding hydrogens is 316 g/mol. The number of benzene rings is 1. The third-order valence-corrected chi connectivity index (χ3v) is 5.73. The van der Waals surface area contributed by atoms with Gasteiger partial charge >= 0.3 is 0 Å². The second-order valence-corrected chi connectivity index (χ2v) is 7.11. The van der Waals surface area contributed by atoms with E-state index in [4.69, 9.17) is 0 Å². The Kier molecular flexibility index (Phi) is 4.10. The third kappa shape index (κ3) is 2.95. The number of rotatable bonds is 3. The number of carbonyl (C=O) groups excluding carboxylic acids is 1. The van der Waals surface area contributed by atoms with Crippen LogP contribution in [0.4, 0.5) is 0 Å². The lowest BCUT2D eigenvalue weighted by Crippen LogP contribution is -2.50. The second kappa shape index (κ2) is 6.05. The molecule has 1 aromatic carbocycles. The monoisotopic (exact) mass is 332 g/mol. The Labute approximate surface area is 134 Å². The average Bonchev–Trinajstić information content (AvgIpc) is 2.60. The van der Waals surface area contributed by atoms with Crippen molar-refractivity contribution >= 4 is 26.8 Å². The standard InChI is InChI=1S/C15H16N4O3S/c1-2-15(20)18-5-7-19(8-6-18)23(21,22)13-3-4-14-12(9-13)10-16-11-17-14/h2-4,9-11H,1,5-8H2. The van der Waals surface area contributed by atoms with Crippen molar-refractivity contribution in [2.45, 2.75) is 4.90 Å². The van der Waals surface area contributed by atoms with E-state index in [1.807, 2.05) is 0 Å². The van der Waals surface area contributed by atoms with Crippen molar-refractivity contribution < 1.29 is 13.2 Å². The third-order valence-electron chi connectivity index (χ3n) is 3.84. The van der Waals surface area contributed by atoms with Gasteiger partial charge in [0.2, 0.25) is 15.9 Å². The zero-order valence-corrected chi connectivity index (χ0v) is 13.2. The molecule has 0 aliphatic carbocycles. The van der Waals surface area contributed by atoms with Gasteiger partial charge in [0, 0.05) is 37.8 Å². The molecule has 1 fully saturated rings. The van der Waals surface area contributed by atoms with E-state index in [1.54, 1.807) is 29.3 Å². The van der Waals surface area contributed by atoms with E-state index >= 15 is 0 Å². The zero-order chi connectivity index (χ0) is 16.4. The molecule has 0 N–H and O–H groups in total. The van der Waals surface area contributed by atoms with Crippen LogP contribution < -0.4 is 0 Å². The lowest BCUT2D eigenvalue weighted by atomic mass is 10.2. The fraction of sp³-hybridized carbons (Fsp3) is 0.267. The van der Waals surface area contributed by atoms with E-state index in [2.05, 4.69) is 16.5 Å². The van der Waals surface area contributed by atoms with Crippen LogP contribution in [0.1, 0.15) is 0 Å². The molecule has 0 bridgehead atoms. The Morgan fingerprint density at radius 2 is 1.96 bits per heavy atom. The molecule has 1 aliphatic rings. The van der Waals surface area contributed by atoms with Gasteiger partial charge in [0.1, 0.15) is 6.33 Å². The molecule has 23 heavy (non-hydrogen) atoms. The summed E-state index contributed by atoms with van der Waals surface area (Å²) in [4.78, 5) is 21.4. The summed E-state index contributed by atoms with van der Waals surface area (Å²) in [5, 5.41) is 0.675. The first-order chi connectivity index (χ1) is 11.0. The van der Waals surface area contributed by atoms with Crippen molar-refractivity contribution in [3.05, 3.63) is 43.4 Å². The number of aromatic nitrogens is 2. The van der Waals surface area contributed by atoms with Gasteiger partial charge in [-0.05, 0) is 24.3 Å². The Morgan fingerprint density at radius 1 is 1.22 bits per heavy atom. The van der Waals surface area contributed by atoms with Crippen molar-refractivity contribution in [3.8, 4) is 0 Å². The summed E-state index contributed by atoms with van der Waals surface area (Å²) < 4.78 is 26.9. The fourth-order valence-corrected chi connectivity index (χ4v) is 4.01. The molecule has 0 spiro atoms. The van der Waals surface area contributed by atoms with Crippen LogP contribution in [0.15, 0.2) is 48.3 Å². The number of amides is 1. The van der Waals surface area contributed by atoms with Gasteiger partial charge in [-0.25, -0.2) is 18.4 Å². The smallest absolute Gasteiger partial charge is 0.246 e. The molecule has 3 rings (SSSR count). The first kappa shape index (κ1) is 15.6. The highest BCUT2D eigenvalue weighted by Gasteiger charge is 2.29. The minimum absolute atomic E-state index is 0.176. The highest BCUT2D eigenvalue weighted by atomic mass is 32.2. The second-order valence-electron chi connectivity index (χ2n) is 5.18. The molecule has 0 unspecified atom stereocenters. The van der Waals surface area contributed by atoms with Gasteiger partial charge in [0.25, 0.3) is 0 Å². The fourth-order valence-electron chi connectivity index (χ4n) is 2.55. The summed E-state index contributed by atoms with van der Waals surface area (Å²) in [6.07, 6.45) is 4.25. The van der Waals surface area contributed by atoms with Gasteiger partial charge < -0.3 is 4.90 Å². The summed E-state index contributed by atoms with van der Waals surface area (Å²) >= 11 is 0. The summed E-state index contributed by atoms with van der Waals surface area (Å²) in [5.74, 6) is -0.176. The van der Waals surface area contributed by atoms with Gasteiger partial charge in [-0.3, -0.25) is 4.79 Å². The largest absolute Gasteiger partial charge is 0.337 e. The van der Waals surface area contributed by atoms with Gasteiger partial charge in [0.05, 0.1) is 10.4 Å². The molecule has 0 radical (unpaired) electrons. The van der Waals surface area contributed by atoms with Crippen LogP contribution in [-0.4, -0.2) is 59.7 Å². The number of hydrogen-bond donors (Lipinski definition) is 0. The molecule has 2 aromatic rings. The van der Waals surface area contributed by atoms with Gasteiger partial charge in [-0.1, -0.05) is 6.58 Å². The van der Waals surface area contributed by atoms with Gasteiger partial charge in [-0.2, -0.15) is 4.31 Å². The summed E-state index contributed by atoms with van der Waals surface area (Å²) in [7, 11) is -3.60. The maximum atomic E-state index is 12.7. The van der Waals surface area contributed by atoms with Crippen LogP contribution in [-0.2, 0) is 14.8 Å². The van der Waals surface area contributed by atoms with Crippen LogP contribution in [0.2, 0.25) is 0 Å². The van der Waals surface area contributed by atoms with Crippen molar-refractivity contribution in [1.82, 2.24) is 19.2 Å². The normalized spacial score (nSPS) is 16.4. The molecule has 120 valence electrons. The highest BCUT2D eigenvalue weighted by molar-refractivity contribution is 7.89. The zero-order valence-electron chi connectivity index (χ0n) is 12.4. The molecule has 0 atom stereocenters. The van der Waals surface area contributed by atoms with E-state index in [0.29, 0.717) is 24.0 Å². The van der Waals surface area contributed by atoms with Crippen LogP contribution >= 0.6 is 0 Å². The summed E-state index contributed by atoms with van der Waals surface area (Å²) in [6, 6.07) is 4.79. The Morgan fingerprint density at radius 3 is 2.65 bits per heavy atom. The number of carbonyl (C=O) groups is 1. The predicted octanol–water partition coefficient (Wildman–Crippen LogP) is 0.649. The topological polar surface area (TPSA) is 83.5 Å². The Balaban J connectivity index is 1.83.